The van der Waals surface area contributed by atoms with E-state index in [0.717, 1.165) is 10.6 Å². The molecule has 2 rings (SSSR count). The Bertz CT molecular complexity index is 516. The molecule has 4 heteroatoms. The average molecular weight is 272 g/mol. The third-order valence-corrected chi connectivity index (χ3v) is 3.56. The minimum Gasteiger partial charge on any atom is -0.289 e. The predicted molar refractivity (Wildman–Crippen MR) is 80.2 cm³/mol. The molecule has 2 aromatic rings. The van der Waals surface area contributed by atoms with Crippen LogP contribution in [0.5, 0.6) is 0 Å². The largest absolute Gasteiger partial charge is 0.289 e. The van der Waals surface area contributed by atoms with Crippen molar-refractivity contribution in [3.8, 4) is 0 Å². The quantitative estimate of drug-likeness (QED) is 0.671. The van der Waals surface area contributed by atoms with Crippen molar-refractivity contribution in [3.05, 3.63) is 60.7 Å². The number of carbonyl (C=O) groups excluding carboxylic acids is 1. The van der Waals surface area contributed by atoms with Gasteiger partial charge >= 0.3 is 0 Å². The van der Waals surface area contributed by atoms with Gasteiger partial charge in [-0.25, -0.2) is 0 Å². The van der Waals surface area contributed by atoms with Crippen molar-refractivity contribution in [2.45, 2.75) is 4.90 Å². The zero-order chi connectivity index (χ0) is 13.5. The molecule has 0 unspecified atom stereocenters. The summed E-state index contributed by atoms with van der Waals surface area (Å²) in [7, 11) is 1.83. The lowest BCUT2D eigenvalue weighted by Gasteiger charge is -2.20. The van der Waals surface area contributed by atoms with Crippen LogP contribution in [0.15, 0.2) is 65.6 Å². The van der Waals surface area contributed by atoms with Gasteiger partial charge in [-0.1, -0.05) is 36.4 Å². The molecule has 0 bridgehead atoms. The topological polar surface area (TPSA) is 32.3 Å². The molecule has 0 saturated carbocycles. The van der Waals surface area contributed by atoms with Crippen LogP contribution in [0.25, 0.3) is 0 Å². The van der Waals surface area contributed by atoms with Crippen molar-refractivity contribution in [2.24, 2.45) is 0 Å². The summed E-state index contributed by atoms with van der Waals surface area (Å²) in [5.41, 5.74) is 3.80. The number of rotatable bonds is 5. The van der Waals surface area contributed by atoms with Crippen LogP contribution < -0.4 is 10.4 Å². The highest BCUT2D eigenvalue weighted by molar-refractivity contribution is 8.00. The fraction of sp³-hybridized carbons (Fsp3) is 0.133. The Morgan fingerprint density at radius 2 is 1.63 bits per heavy atom. The molecule has 0 radical (unpaired) electrons. The molecule has 0 spiro atoms. The van der Waals surface area contributed by atoms with E-state index in [-0.39, 0.29) is 5.91 Å². The smallest absolute Gasteiger partial charge is 0.248 e. The fourth-order valence-electron chi connectivity index (χ4n) is 1.60. The van der Waals surface area contributed by atoms with Gasteiger partial charge in [-0.3, -0.25) is 15.2 Å². The van der Waals surface area contributed by atoms with Crippen LogP contribution in [0.4, 0.5) is 5.69 Å². The van der Waals surface area contributed by atoms with Gasteiger partial charge in [-0.05, 0) is 24.3 Å². The molecule has 3 nitrogen and oxygen atoms in total. The average Bonchev–Trinajstić information content (AvgIpc) is 2.47. The van der Waals surface area contributed by atoms with E-state index in [1.807, 2.05) is 67.7 Å². The number of nitrogens with zero attached hydrogens (tertiary/aromatic N) is 1. The Labute approximate surface area is 117 Å². The second-order valence-electron chi connectivity index (χ2n) is 4.03. The van der Waals surface area contributed by atoms with Crippen LogP contribution in [0, 0.1) is 0 Å². The Hall–Kier alpha value is -1.94. The molecule has 0 aromatic heterocycles. The first-order valence-electron chi connectivity index (χ1n) is 6.02. The predicted octanol–water partition coefficient (Wildman–Crippen LogP) is 2.95. The highest BCUT2D eigenvalue weighted by Gasteiger charge is 2.06. The number of anilines is 1. The number of hydrogen-bond acceptors (Lipinski definition) is 3. The maximum Gasteiger partial charge on any atom is 0.248 e. The van der Waals surface area contributed by atoms with E-state index in [4.69, 9.17) is 0 Å². The van der Waals surface area contributed by atoms with Crippen LogP contribution in [-0.2, 0) is 4.79 Å². The number of thioether (sulfide) groups is 1. The molecule has 0 heterocycles. The first kappa shape index (κ1) is 13.5. The first-order valence-corrected chi connectivity index (χ1v) is 7.00. The standard InChI is InChI=1S/C15H16N2OS/c1-17(13-8-4-2-5-9-13)16-15(18)12-19-14-10-6-3-7-11-14/h2-11H,12H2,1H3,(H,16,18). The highest BCUT2D eigenvalue weighted by Crippen LogP contribution is 2.16. The number of para-hydroxylation sites is 1. The molecule has 0 aliphatic rings. The Morgan fingerprint density at radius 3 is 2.26 bits per heavy atom. The van der Waals surface area contributed by atoms with Gasteiger partial charge in [0, 0.05) is 11.9 Å². The summed E-state index contributed by atoms with van der Waals surface area (Å²) in [5.74, 6) is 0.390. The molecular weight excluding hydrogens is 256 g/mol. The van der Waals surface area contributed by atoms with Crippen LogP contribution in [0.1, 0.15) is 0 Å². The lowest BCUT2D eigenvalue weighted by Crippen LogP contribution is -2.40. The van der Waals surface area contributed by atoms with E-state index in [1.165, 1.54) is 11.8 Å². The van der Waals surface area contributed by atoms with E-state index in [2.05, 4.69) is 5.43 Å². The Morgan fingerprint density at radius 1 is 1.05 bits per heavy atom. The first-order chi connectivity index (χ1) is 9.25. The van der Waals surface area contributed by atoms with Gasteiger partial charge in [0.05, 0.1) is 11.4 Å². The zero-order valence-corrected chi connectivity index (χ0v) is 11.6. The van der Waals surface area contributed by atoms with E-state index < -0.39 is 0 Å². The third-order valence-electron chi connectivity index (χ3n) is 2.55. The molecule has 1 N–H and O–H groups in total. The van der Waals surface area contributed by atoms with Gasteiger partial charge in [0.15, 0.2) is 0 Å². The van der Waals surface area contributed by atoms with Crippen LogP contribution in [-0.4, -0.2) is 18.7 Å². The van der Waals surface area contributed by atoms with Crippen molar-refractivity contribution >= 4 is 23.4 Å². The summed E-state index contributed by atoms with van der Waals surface area (Å²) < 4.78 is 0. The minimum absolute atomic E-state index is 0.0137. The summed E-state index contributed by atoms with van der Waals surface area (Å²) in [4.78, 5) is 12.9. The van der Waals surface area contributed by atoms with Gasteiger partial charge < -0.3 is 0 Å². The van der Waals surface area contributed by atoms with E-state index in [1.54, 1.807) is 5.01 Å². The summed E-state index contributed by atoms with van der Waals surface area (Å²) in [6.45, 7) is 0. The van der Waals surface area contributed by atoms with E-state index in [9.17, 15) is 4.79 Å². The number of benzene rings is 2. The monoisotopic (exact) mass is 272 g/mol. The number of nitrogens with one attached hydrogen (secondary N) is 1. The Balaban J connectivity index is 1.82. The third kappa shape index (κ3) is 4.34. The van der Waals surface area contributed by atoms with Gasteiger partial charge in [0.25, 0.3) is 0 Å². The van der Waals surface area contributed by atoms with Gasteiger partial charge in [-0.2, -0.15) is 0 Å². The molecule has 98 valence electrons. The fourth-order valence-corrected chi connectivity index (χ4v) is 2.31. The molecule has 0 saturated heterocycles. The van der Waals surface area contributed by atoms with Crippen molar-refractivity contribution in [2.75, 3.05) is 17.8 Å². The second kappa shape index (κ2) is 6.85. The van der Waals surface area contributed by atoms with Crippen molar-refractivity contribution in [1.29, 1.82) is 0 Å². The highest BCUT2D eigenvalue weighted by atomic mass is 32.2. The Kier molecular flexibility index (Phi) is 4.86. The van der Waals surface area contributed by atoms with E-state index >= 15 is 0 Å². The van der Waals surface area contributed by atoms with Crippen molar-refractivity contribution < 1.29 is 4.79 Å². The summed E-state index contributed by atoms with van der Waals surface area (Å²) >= 11 is 1.53. The van der Waals surface area contributed by atoms with Gasteiger partial charge in [0.2, 0.25) is 5.91 Å². The molecule has 0 fully saturated rings. The number of amides is 1. The molecular formula is C15H16N2OS. The molecule has 19 heavy (non-hydrogen) atoms. The van der Waals surface area contributed by atoms with Crippen LogP contribution >= 0.6 is 11.8 Å². The van der Waals surface area contributed by atoms with Crippen LogP contribution in [0.3, 0.4) is 0 Å². The zero-order valence-electron chi connectivity index (χ0n) is 10.7. The van der Waals surface area contributed by atoms with Crippen LogP contribution in [0.2, 0.25) is 0 Å². The number of carbonyl (C=O) groups is 1. The summed E-state index contributed by atoms with van der Waals surface area (Å²) in [6.07, 6.45) is 0. The summed E-state index contributed by atoms with van der Waals surface area (Å²) in [6, 6.07) is 19.6. The van der Waals surface area contributed by atoms with Gasteiger partial charge in [-0.15, -0.1) is 11.8 Å². The number of hydrogen-bond donors (Lipinski definition) is 1. The summed E-state index contributed by atoms with van der Waals surface area (Å²) in [5, 5.41) is 1.73. The normalized spacial score (nSPS) is 9.95. The SMILES string of the molecule is CN(NC(=O)CSc1ccccc1)c1ccccc1. The van der Waals surface area contributed by atoms with Crippen molar-refractivity contribution in [3.63, 3.8) is 0 Å². The lowest BCUT2D eigenvalue weighted by molar-refractivity contribution is -0.118. The van der Waals surface area contributed by atoms with E-state index in [0.29, 0.717) is 5.75 Å². The molecule has 2 aromatic carbocycles. The molecule has 0 aliphatic carbocycles. The number of hydrazine groups is 1. The molecule has 0 aliphatic heterocycles. The van der Waals surface area contributed by atoms with Gasteiger partial charge in [0.1, 0.15) is 0 Å². The van der Waals surface area contributed by atoms with Crippen molar-refractivity contribution in [1.82, 2.24) is 5.43 Å². The second-order valence-corrected chi connectivity index (χ2v) is 5.08. The lowest BCUT2D eigenvalue weighted by atomic mass is 10.3. The maximum absolute atomic E-state index is 11.8. The minimum atomic E-state index is -0.0137. The molecule has 0 atom stereocenters. The molecule has 1 amide bonds. The maximum atomic E-state index is 11.8.